The van der Waals surface area contributed by atoms with Crippen molar-refractivity contribution in [1.82, 2.24) is 10.2 Å². The topological polar surface area (TPSA) is 62.6 Å². The summed E-state index contributed by atoms with van der Waals surface area (Å²) in [5.74, 6) is -0.293. The van der Waals surface area contributed by atoms with Crippen LogP contribution in [0.1, 0.15) is 48.6 Å². The summed E-state index contributed by atoms with van der Waals surface area (Å²) in [4.78, 5) is 24.5. The summed E-state index contributed by atoms with van der Waals surface area (Å²) in [6, 6.07) is -0.714. The molecule has 1 fully saturated rings. The van der Waals surface area contributed by atoms with E-state index in [0.717, 1.165) is 17.4 Å². The highest BCUT2D eigenvalue weighted by molar-refractivity contribution is 5.92. The molecule has 1 aliphatic heterocycles. The van der Waals surface area contributed by atoms with Gasteiger partial charge in [0.05, 0.1) is 0 Å². The molecule has 1 aromatic heterocycles. The SMILES string of the molecule is CCc1oc(C(=O)N[C@H]2CC[C@H](C(F)(F)F)N(C(C)=O)C2)cc1C. The van der Waals surface area contributed by atoms with E-state index in [9.17, 15) is 22.8 Å². The molecule has 2 heterocycles. The predicted octanol–water partition coefficient (Wildman–Crippen LogP) is 2.82. The third-order valence-corrected chi connectivity index (χ3v) is 4.26. The highest BCUT2D eigenvalue weighted by atomic mass is 19.4. The van der Waals surface area contributed by atoms with E-state index in [-0.39, 0.29) is 25.1 Å². The van der Waals surface area contributed by atoms with Crippen LogP contribution in [-0.4, -0.2) is 41.5 Å². The lowest BCUT2D eigenvalue weighted by Crippen LogP contribution is -2.57. The lowest BCUT2D eigenvalue weighted by atomic mass is 9.97. The number of hydrogen-bond acceptors (Lipinski definition) is 3. The first kappa shape index (κ1) is 18.4. The summed E-state index contributed by atoms with van der Waals surface area (Å²) in [7, 11) is 0. The van der Waals surface area contributed by atoms with Crippen molar-refractivity contribution in [3.8, 4) is 0 Å². The van der Waals surface area contributed by atoms with Crippen LogP contribution in [0.3, 0.4) is 0 Å². The molecule has 0 unspecified atom stereocenters. The van der Waals surface area contributed by atoms with Crippen molar-refractivity contribution in [3.63, 3.8) is 0 Å². The van der Waals surface area contributed by atoms with E-state index in [2.05, 4.69) is 5.32 Å². The van der Waals surface area contributed by atoms with E-state index < -0.39 is 30.1 Å². The molecular weight excluding hydrogens is 325 g/mol. The maximum atomic E-state index is 13.0. The number of aryl methyl sites for hydroxylation is 2. The van der Waals surface area contributed by atoms with Crippen molar-refractivity contribution in [1.29, 1.82) is 0 Å². The van der Waals surface area contributed by atoms with E-state index in [1.807, 2.05) is 13.8 Å². The third-order valence-electron chi connectivity index (χ3n) is 4.26. The van der Waals surface area contributed by atoms with Crippen molar-refractivity contribution in [2.45, 2.75) is 58.3 Å². The Balaban J connectivity index is 2.05. The normalized spacial score (nSPS) is 21.7. The molecule has 24 heavy (non-hydrogen) atoms. The molecule has 1 aromatic rings. The van der Waals surface area contributed by atoms with E-state index in [0.29, 0.717) is 12.2 Å². The number of alkyl halides is 3. The molecule has 0 radical (unpaired) electrons. The molecule has 0 aromatic carbocycles. The minimum Gasteiger partial charge on any atom is -0.456 e. The minimum atomic E-state index is -4.46. The zero-order valence-corrected chi connectivity index (χ0v) is 13.9. The zero-order chi connectivity index (χ0) is 18.1. The van der Waals surface area contributed by atoms with Crippen LogP contribution in [0.5, 0.6) is 0 Å². The summed E-state index contributed by atoms with van der Waals surface area (Å²) in [6.45, 7) is 4.67. The van der Waals surface area contributed by atoms with Crippen LogP contribution < -0.4 is 5.32 Å². The number of nitrogens with one attached hydrogen (secondary N) is 1. The van der Waals surface area contributed by atoms with Gasteiger partial charge in [0.1, 0.15) is 11.8 Å². The van der Waals surface area contributed by atoms with Crippen LogP contribution in [0.25, 0.3) is 0 Å². The first-order valence-electron chi connectivity index (χ1n) is 7.87. The Bertz CT molecular complexity index is 625. The standard InChI is InChI=1S/C16H21F3N2O3/c1-4-12-9(2)7-13(24-12)15(23)20-11-5-6-14(16(17,18)19)21(8-11)10(3)22/h7,11,14H,4-6,8H2,1-3H3,(H,20,23)/t11-,14+/m0/s1. The fourth-order valence-corrected chi connectivity index (χ4v) is 3.02. The molecular formula is C16H21F3N2O3. The summed E-state index contributed by atoms with van der Waals surface area (Å²) < 4.78 is 44.4. The monoisotopic (exact) mass is 346 g/mol. The Kier molecular flexibility index (Phi) is 5.25. The van der Waals surface area contributed by atoms with Gasteiger partial charge >= 0.3 is 6.18 Å². The summed E-state index contributed by atoms with van der Waals surface area (Å²) >= 11 is 0. The van der Waals surface area contributed by atoms with Crippen LogP contribution in [0.15, 0.2) is 10.5 Å². The number of hydrogen-bond donors (Lipinski definition) is 1. The van der Waals surface area contributed by atoms with Gasteiger partial charge in [0.25, 0.3) is 5.91 Å². The zero-order valence-electron chi connectivity index (χ0n) is 13.9. The Hall–Kier alpha value is -1.99. The molecule has 1 N–H and O–H groups in total. The number of carbonyl (C=O) groups is 2. The second-order valence-electron chi connectivity index (χ2n) is 6.05. The summed E-state index contributed by atoms with van der Waals surface area (Å²) in [6.07, 6.45) is -3.89. The number of carbonyl (C=O) groups excluding carboxylic acids is 2. The predicted molar refractivity (Wildman–Crippen MR) is 80.5 cm³/mol. The lowest BCUT2D eigenvalue weighted by molar-refractivity contribution is -0.196. The second kappa shape index (κ2) is 6.86. The smallest absolute Gasteiger partial charge is 0.408 e. The number of nitrogens with zero attached hydrogens (tertiary/aromatic N) is 1. The first-order valence-corrected chi connectivity index (χ1v) is 7.87. The lowest BCUT2D eigenvalue weighted by Gasteiger charge is -2.40. The molecule has 1 aliphatic rings. The highest BCUT2D eigenvalue weighted by Crippen LogP contribution is 2.32. The van der Waals surface area contributed by atoms with Crippen molar-refractivity contribution in [2.24, 2.45) is 0 Å². The largest absolute Gasteiger partial charge is 0.456 e. The molecule has 0 aliphatic carbocycles. The van der Waals surface area contributed by atoms with Crippen molar-refractivity contribution in [2.75, 3.05) is 6.54 Å². The molecule has 2 rings (SSSR count). The Labute approximate surface area is 138 Å². The van der Waals surface area contributed by atoms with Crippen molar-refractivity contribution < 1.29 is 27.2 Å². The molecule has 134 valence electrons. The molecule has 0 bridgehead atoms. The number of likely N-dealkylation sites (tertiary alicyclic amines) is 1. The maximum absolute atomic E-state index is 13.0. The number of halogens is 3. The van der Waals surface area contributed by atoms with Gasteiger partial charge in [-0.1, -0.05) is 6.92 Å². The van der Waals surface area contributed by atoms with E-state index >= 15 is 0 Å². The average Bonchev–Trinajstić information content (AvgIpc) is 2.87. The van der Waals surface area contributed by atoms with Crippen LogP contribution in [0.2, 0.25) is 0 Å². The molecule has 1 saturated heterocycles. The van der Waals surface area contributed by atoms with Gasteiger partial charge in [0.15, 0.2) is 5.76 Å². The van der Waals surface area contributed by atoms with Gasteiger partial charge in [-0.3, -0.25) is 9.59 Å². The Morgan fingerprint density at radius 3 is 2.54 bits per heavy atom. The molecule has 5 nitrogen and oxygen atoms in total. The minimum absolute atomic E-state index is 0.136. The summed E-state index contributed by atoms with van der Waals surface area (Å²) in [5.41, 5.74) is 0.855. The summed E-state index contributed by atoms with van der Waals surface area (Å²) in [5, 5.41) is 2.66. The van der Waals surface area contributed by atoms with Gasteiger partial charge in [-0.05, 0) is 31.4 Å². The quantitative estimate of drug-likeness (QED) is 0.915. The molecule has 8 heteroatoms. The van der Waals surface area contributed by atoms with Gasteiger partial charge in [0, 0.05) is 25.9 Å². The second-order valence-corrected chi connectivity index (χ2v) is 6.05. The fraction of sp³-hybridized carbons (Fsp3) is 0.625. The third kappa shape index (κ3) is 3.91. The molecule has 0 saturated carbocycles. The number of rotatable bonds is 3. The number of amides is 2. The van der Waals surface area contributed by atoms with E-state index in [1.54, 1.807) is 6.07 Å². The first-order chi connectivity index (χ1) is 11.1. The van der Waals surface area contributed by atoms with Crippen molar-refractivity contribution in [3.05, 3.63) is 23.2 Å². The van der Waals surface area contributed by atoms with E-state index in [4.69, 9.17) is 4.42 Å². The Morgan fingerprint density at radius 1 is 1.38 bits per heavy atom. The van der Waals surface area contributed by atoms with Crippen LogP contribution in [-0.2, 0) is 11.2 Å². The Morgan fingerprint density at radius 2 is 2.04 bits per heavy atom. The molecule has 0 spiro atoms. The number of furan rings is 1. The average molecular weight is 346 g/mol. The van der Waals surface area contributed by atoms with Gasteiger partial charge in [-0.2, -0.15) is 13.2 Å². The van der Waals surface area contributed by atoms with Gasteiger partial charge in [0.2, 0.25) is 5.91 Å². The molecule has 2 atom stereocenters. The highest BCUT2D eigenvalue weighted by Gasteiger charge is 2.47. The number of piperidine rings is 1. The van der Waals surface area contributed by atoms with Gasteiger partial charge in [-0.25, -0.2) is 0 Å². The van der Waals surface area contributed by atoms with Gasteiger partial charge < -0.3 is 14.6 Å². The van der Waals surface area contributed by atoms with Crippen LogP contribution in [0.4, 0.5) is 13.2 Å². The van der Waals surface area contributed by atoms with E-state index in [1.165, 1.54) is 0 Å². The van der Waals surface area contributed by atoms with Crippen LogP contribution >= 0.6 is 0 Å². The fourth-order valence-electron chi connectivity index (χ4n) is 3.02. The van der Waals surface area contributed by atoms with Gasteiger partial charge in [-0.15, -0.1) is 0 Å². The van der Waals surface area contributed by atoms with Crippen LogP contribution in [0, 0.1) is 6.92 Å². The maximum Gasteiger partial charge on any atom is 0.408 e. The van der Waals surface area contributed by atoms with Crippen molar-refractivity contribution >= 4 is 11.8 Å². The molecule has 2 amide bonds.